The van der Waals surface area contributed by atoms with E-state index in [9.17, 15) is 13.2 Å². The van der Waals surface area contributed by atoms with Crippen molar-refractivity contribution in [1.29, 1.82) is 0 Å². The van der Waals surface area contributed by atoms with Gasteiger partial charge in [0.1, 0.15) is 5.75 Å². The Kier molecular flexibility index (Phi) is 6.27. The van der Waals surface area contributed by atoms with E-state index in [1.54, 1.807) is 23.1 Å². The molecule has 1 fully saturated rings. The Labute approximate surface area is 185 Å². The molecule has 1 aliphatic heterocycles. The number of thiazole rings is 1. The highest BCUT2D eigenvalue weighted by Gasteiger charge is 2.29. The monoisotopic (exact) mass is 460 g/mol. The van der Waals surface area contributed by atoms with Gasteiger partial charge in [-0.05, 0) is 50.1 Å². The van der Waals surface area contributed by atoms with E-state index < -0.39 is 15.7 Å². The van der Waals surface area contributed by atoms with Crippen molar-refractivity contribution in [3.8, 4) is 5.75 Å². The summed E-state index contributed by atoms with van der Waals surface area (Å²) in [5.74, 6) is 0.338. The number of fused-ring (bicyclic) bond motifs is 1. The van der Waals surface area contributed by atoms with Crippen LogP contribution in [0.4, 0.5) is 5.13 Å². The second-order valence-electron chi connectivity index (χ2n) is 7.38. The summed E-state index contributed by atoms with van der Waals surface area (Å²) in [4.78, 5) is 19.8. The minimum atomic E-state index is -3.57. The van der Waals surface area contributed by atoms with Gasteiger partial charge in [0, 0.05) is 12.9 Å². The fourth-order valence-corrected chi connectivity index (χ4v) is 5.50. The summed E-state index contributed by atoms with van der Waals surface area (Å²) in [5, 5.41) is 0.507. The van der Waals surface area contributed by atoms with Gasteiger partial charge >= 0.3 is 0 Å². The van der Waals surface area contributed by atoms with Crippen LogP contribution < -0.4 is 9.64 Å². The molecule has 9 heteroatoms. The smallest absolute Gasteiger partial charge is 0.261 e. The number of carbonyl (C=O) groups excluding carboxylic acids is 1. The number of ether oxygens (including phenoxy) is 2. The Bertz CT molecular complexity index is 1200. The van der Waals surface area contributed by atoms with Gasteiger partial charge in [-0.3, -0.25) is 9.69 Å². The quantitative estimate of drug-likeness (QED) is 0.531. The summed E-state index contributed by atoms with van der Waals surface area (Å²) >= 11 is 1.37. The number of nitrogens with zero attached hydrogens (tertiary/aromatic N) is 2. The summed E-state index contributed by atoms with van der Waals surface area (Å²) in [6.45, 7) is 3.45. The van der Waals surface area contributed by atoms with E-state index in [4.69, 9.17) is 9.47 Å². The van der Waals surface area contributed by atoms with Crippen LogP contribution >= 0.6 is 11.3 Å². The third kappa shape index (κ3) is 4.73. The fourth-order valence-electron chi connectivity index (χ4n) is 3.62. The van der Waals surface area contributed by atoms with Crippen LogP contribution in [0.25, 0.3) is 10.2 Å². The molecule has 4 rings (SSSR count). The number of hydrogen-bond acceptors (Lipinski definition) is 7. The summed E-state index contributed by atoms with van der Waals surface area (Å²) in [5.41, 5.74) is 0.891. The highest BCUT2D eigenvalue weighted by molar-refractivity contribution is 7.90. The number of hydrogen-bond donors (Lipinski definition) is 0. The minimum Gasteiger partial charge on any atom is -0.494 e. The first-order chi connectivity index (χ1) is 14.9. The Morgan fingerprint density at radius 3 is 2.81 bits per heavy atom. The first kappa shape index (κ1) is 21.7. The van der Waals surface area contributed by atoms with Gasteiger partial charge in [0.25, 0.3) is 5.91 Å². The van der Waals surface area contributed by atoms with Gasteiger partial charge in [0.2, 0.25) is 0 Å². The maximum absolute atomic E-state index is 13.6. The van der Waals surface area contributed by atoms with Crippen molar-refractivity contribution in [2.24, 2.45) is 0 Å². The second-order valence-corrected chi connectivity index (χ2v) is 10.4. The van der Waals surface area contributed by atoms with Crippen LogP contribution in [0, 0.1) is 0 Å². The number of sulfone groups is 1. The largest absolute Gasteiger partial charge is 0.494 e. The molecule has 0 spiro atoms. The standard InChI is InChI=1S/C22H24N2O5S2/c1-3-28-15-10-11-18-19(13-15)30-22(23-18)24(14-16-7-6-12-29-16)21(25)17-8-4-5-9-20(17)31(2,26)27/h4-5,8-11,13,16H,3,6-7,12,14H2,1-2H3. The molecule has 0 bridgehead atoms. The molecule has 164 valence electrons. The predicted octanol–water partition coefficient (Wildman–Crippen LogP) is 3.92. The third-order valence-electron chi connectivity index (χ3n) is 5.06. The van der Waals surface area contributed by atoms with Crippen LogP contribution in [-0.2, 0) is 14.6 Å². The first-order valence-electron chi connectivity index (χ1n) is 10.1. The predicted molar refractivity (Wildman–Crippen MR) is 121 cm³/mol. The maximum Gasteiger partial charge on any atom is 0.261 e. The molecule has 1 saturated heterocycles. The molecule has 3 aromatic rings. The van der Waals surface area contributed by atoms with E-state index in [2.05, 4.69) is 4.98 Å². The lowest BCUT2D eigenvalue weighted by Crippen LogP contribution is -2.38. The first-order valence-corrected chi connectivity index (χ1v) is 12.8. The molecule has 0 N–H and O–H groups in total. The molecule has 0 saturated carbocycles. The van der Waals surface area contributed by atoms with E-state index in [0.29, 0.717) is 24.9 Å². The van der Waals surface area contributed by atoms with Crippen LogP contribution in [0.2, 0.25) is 0 Å². The summed E-state index contributed by atoms with van der Waals surface area (Å²) in [6.07, 6.45) is 2.78. The highest BCUT2D eigenvalue weighted by atomic mass is 32.2. The molecule has 1 aromatic heterocycles. The summed E-state index contributed by atoms with van der Waals surface area (Å²) in [6, 6.07) is 11.9. The molecule has 7 nitrogen and oxygen atoms in total. The van der Waals surface area contributed by atoms with Crippen molar-refractivity contribution >= 4 is 42.4 Å². The number of anilines is 1. The lowest BCUT2D eigenvalue weighted by atomic mass is 10.1. The number of aromatic nitrogens is 1. The lowest BCUT2D eigenvalue weighted by Gasteiger charge is -2.24. The molecular formula is C22H24N2O5S2. The van der Waals surface area contributed by atoms with Crippen LogP contribution in [0.1, 0.15) is 30.1 Å². The van der Waals surface area contributed by atoms with Gasteiger partial charge in [0.05, 0.1) is 39.9 Å². The van der Waals surface area contributed by atoms with E-state index >= 15 is 0 Å². The molecule has 2 aromatic carbocycles. The SMILES string of the molecule is CCOc1ccc2nc(N(CC3CCCO3)C(=O)c3ccccc3S(C)(=O)=O)sc2c1. The molecule has 31 heavy (non-hydrogen) atoms. The van der Waals surface area contributed by atoms with Gasteiger partial charge < -0.3 is 9.47 Å². The van der Waals surface area contributed by atoms with Gasteiger partial charge in [-0.25, -0.2) is 13.4 Å². The minimum absolute atomic E-state index is 0.0112. The van der Waals surface area contributed by atoms with Gasteiger partial charge in [0.15, 0.2) is 15.0 Å². The topological polar surface area (TPSA) is 85.8 Å². The zero-order valence-electron chi connectivity index (χ0n) is 17.4. The Morgan fingerprint density at radius 1 is 1.29 bits per heavy atom. The van der Waals surface area contributed by atoms with Crippen molar-refractivity contribution in [3.63, 3.8) is 0 Å². The fraction of sp³-hybridized carbons (Fsp3) is 0.364. The van der Waals surface area contributed by atoms with Crippen LogP contribution in [0.15, 0.2) is 47.4 Å². The normalized spacial score (nSPS) is 16.5. The van der Waals surface area contributed by atoms with E-state index in [1.165, 1.54) is 17.4 Å². The number of amides is 1. The van der Waals surface area contributed by atoms with Gasteiger partial charge in [-0.1, -0.05) is 23.5 Å². The molecule has 1 amide bonds. The van der Waals surface area contributed by atoms with Gasteiger partial charge in [-0.15, -0.1) is 0 Å². The summed E-state index contributed by atoms with van der Waals surface area (Å²) < 4.78 is 36.8. The van der Waals surface area contributed by atoms with Gasteiger partial charge in [-0.2, -0.15) is 0 Å². The van der Waals surface area contributed by atoms with Crippen LogP contribution in [-0.4, -0.2) is 51.4 Å². The van der Waals surface area contributed by atoms with Crippen molar-refractivity contribution in [2.45, 2.75) is 30.8 Å². The average molecular weight is 461 g/mol. The maximum atomic E-state index is 13.6. The third-order valence-corrected chi connectivity index (χ3v) is 7.26. The zero-order chi connectivity index (χ0) is 22.0. The molecule has 0 radical (unpaired) electrons. The molecule has 2 heterocycles. The molecule has 1 unspecified atom stereocenters. The summed E-state index contributed by atoms with van der Waals surface area (Å²) in [7, 11) is -3.57. The number of rotatable bonds is 7. The molecule has 1 aliphatic rings. The Hall–Kier alpha value is -2.49. The van der Waals surface area contributed by atoms with E-state index in [0.717, 1.165) is 35.1 Å². The van der Waals surface area contributed by atoms with Crippen LogP contribution in [0.3, 0.4) is 0 Å². The number of carbonyl (C=O) groups is 1. The van der Waals surface area contributed by atoms with E-state index in [1.807, 2.05) is 25.1 Å². The average Bonchev–Trinajstić information content (AvgIpc) is 3.40. The van der Waals surface area contributed by atoms with E-state index in [-0.39, 0.29) is 16.6 Å². The van der Waals surface area contributed by atoms with Crippen LogP contribution in [0.5, 0.6) is 5.75 Å². The van der Waals surface area contributed by atoms with Crippen molar-refractivity contribution in [3.05, 3.63) is 48.0 Å². The Morgan fingerprint density at radius 2 is 2.10 bits per heavy atom. The Balaban J connectivity index is 1.76. The lowest BCUT2D eigenvalue weighted by molar-refractivity contribution is 0.0915. The molecule has 1 atom stereocenters. The highest BCUT2D eigenvalue weighted by Crippen LogP contribution is 2.33. The van der Waals surface area contributed by atoms with Crippen molar-refractivity contribution < 1.29 is 22.7 Å². The molecule has 0 aliphatic carbocycles. The molecular weight excluding hydrogens is 436 g/mol. The zero-order valence-corrected chi connectivity index (χ0v) is 19.0. The van der Waals surface area contributed by atoms with Crippen molar-refractivity contribution in [2.75, 3.05) is 30.9 Å². The number of benzene rings is 2. The second kappa shape index (κ2) is 8.94. The van der Waals surface area contributed by atoms with Crippen molar-refractivity contribution in [1.82, 2.24) is 4.98 Å².